The number of fused-ring (bicyclic) bond motifs is 5. The molecule has 0 radical (unpaired) electrons. The Kier molecular flexibility index (Phi) is 16.4. The summed E-state index contributed by atoms with van der Waals surface area (Å²) < 4.78 is 48.9. The van der Waals surface area contributed by atoms with Gasteiger partial charge in [-0.1, -0.05) is 39.8 Å². The maximum absolute atomic E-state index is 17.0. The Labute approximate surface area is 372 Å². The molecule has 350 valence electrons. The average molecular weight is 905 g/mol. The molecule has 3 saturated heterocycles. The zero-order valence-electron chi connectivity index (χ0n) is 38.2. The van der Waals surface area contributed by atoms with Crippen LogP contribution in [-0.4, -0.2) is 141 Å². The number of alkyl halides is 1. The lowest BCUT2D eigenvalue weighted by atomic mass is 9.73. The Morgan fingerprint density at radius 2 is 1.83 bits per heavy atom. The number of pyridine rings is 1. The number of carbonyl (C=O) groups is 3. The van der Waals surface area contributed by atoms with Crippen LogP contribution in [0.1, 0.15) is 93.7 Å². The first-order valence-electron chi connectivity index (χ1n) is 21.6. The van der Waals surface area contributed by atoms with Crippen LogP contribution in [0.3, 0.4) is 0 Å². The lowest BCUT2D eigenvalue weighted by Crippen LogP contribution is -2.61. The van der Waals surface area contributed by atoms with Gasteiger partial charge in [0.1, 0.15) is 34.3 Å². The monoisotopic (exact) mass is 904 g/mol. The van der Waals surface area contributed by atoms with E-state index in [1.54, 1.807) is 45.3 Å². The first-order chi connectivity index (χ1) is 29.5. The van der Waals surface area contributed by atoms with Gasteiger partial charge in [0.2, 0.25) is 5.91 Å². The Morgan fingerprint density at radius 1 is 1.11 bits per heavy atom. The highest BCUT2D eigenvalue weighted by molar-refractivity contribution is 7.13. The van der Waals surface area contributed by atoms with Gasteiger partial charge in [0.15, 0.2) is 18.7 Å². The third kappa shape index (κ3) is 11.4. The zero-order chi connectivity index (χ0) is 46.6. The number of Topliss-reactive ketones (excluding diaryl/α,β-unsaturated/α-hetero) is 1. The summed E-state index contributed by atoms with van der Waals surface area (Å²) >= 11 is 1.39. The Balaban J connectivity index is 1.66. The molecule has 5 rings (SSSR count). The number of oxime groups is 1. The molecule has 3 aliphatic rings. The van der Waals surface area contributed by atoms with Gasteiger partial charge in [-0.05, 0) is 79.1 Å². The number of aromatic nitrogens is 2. The number of rotatable bonds is 9. The number of halogens is 1. The van der Waals surface area contributed by atoms with E-state index < -0.39 is 95.1 Å². The topological polar surface area (TPSA) is 227 Å². The van der Waals surface area contributed by atoms with E-state index in [9.17, 15) is 24.6 Å². The number of nitrogens with zero attached hydrogens (tertiary/aromatic N) is 5. The molecule has 0 saturated carbocycles. The van der Waals surface area contributed by atoms with Gasteiger partial charge in [0.05, 0.1) is 42.8 Å². The average Bonchev–Trinajstić information content (AvgIpc) is 3.67. The SMILES string of the molecule is CCC(=O)N=C1[C@H](C)C[C@@]2(C)OCC(=NOCc3ccc(-c4nc(N)cs4)cn3)CO[C@H]([C@H]1C)[C@](C)(O)[C@@H](CC)OC(=O)[C@@](C)(F)C(=O)[C@H](C)[C@H]2O[C@@H]1O[C@H](C)C[C@H](N(C)C)[C@H]1O. The molecule has 0 aliphatic carbocycles. The predicted octanol–water partition coefficient (Wildman–Crippen LogP) is 4.70. The van der Waals surface area contributed by atoms with Gasteiger partial charge in [0.25, 0.3) is 5.67 Å². The molecule has 19 heteroatoms. The summed E-state index contributed by atoms with van der Waals surface area (Å²) in [4.78, 5) is 62.6. The summed E-state index contributed by atoms with van der Waals surface area (Å²) in [6.07, 6.45) is -4.82. The minimum atomic E-state index is -3.23. The van der Waals surface area contributed by atoms with E-state index in [1.807, 2.05) is 38.9 Å². The van der Waals surface area contributed by atoms with Crippen LogP contribution >= 0.6 is 11.3 Å². The van der Waals surface area contributed by atoms with Crippen molar-refractivity contribution in [3.63, 3.8) is 0 Å². The van der Waals surface area contributed by atoms with Crippen LogP contribution in [-0.2, 0) is 49.5 Å². The van der Waals surface area contributed by atoms with E-state index in [4.69, 9.17) is 34.3 Å². The Hall–Kier alpha value is -3.82. The fourth-order valence-electron chi connectivity index (χ4n) is 8.90. The van der Waals surface area contributed by atoms with Gasteiger partial charge in [-0.2, -0.15) is 0 Å². The number of likely N-dealkylation sites (N-methyl/N-ethyl adjacent to an activating group) is 1. The minimum absolute atomic E-state index is 0.000396. The Morgan fingerprint density at radius 3 is 2.43 bits per heavy atom. The number of esters is 1. The summed E-state index contributed by atoms with van der Waals surface area (Å²) in [5.41, 5.74) is 0.782. The van der Waals surface area contributed by atoms with Crippen molar-refractivity contribution in [2.75, 3.05) is 33.0 Å². The number of aliphatic imine (C=N–C) groups is 1. The van der Waals surface area contributed by atoms with Crippen molar-refractivity contribution in [1.82, 2.24) is 14.9 Å². The molecule has 13 atom stereocenters. The molecule has 0 aromatic carbocycles. The minimum Gasteiger partial charge on any atom is -0.457 e. The van der Waals surface area contributed by atoms with Crippen molar-refractivity contribution >= 4 is 46.2 Å². The van der Waals surface area contributed by atoms with Gasteiger partial charge in [-0.15, -0.1) is 11.3 Å². The number of thiazole rings is 1. The van der Waals surface area contributed by atoms with E-state index in [1.165, 1.54) is 25.2 Å². The molecule has 1 amide bonds. The van der Waals surface area contributed by atoms with Gasteiger partial charge < -0.3 is 49.4 Å². The molecule has 0 spiro atoms. The lowest BCUT2D eigenvalue weighted by molar-refractivity contribution is -0.296. The van der Waals surface area contributed by atoms with Gasteiger partial charge in [0, 0.05) is 47.2 Å². The van der Waals surface area contributed by atoms with Crippen LogP contribution in [0.4, 0.5) is 10.2 Å². The highest BCUT2D eigenvalue weighted by atomic mass is 32.1. The van der Waals surface area contributed by atoms with Crippen molar-refractivity contribution in [3.8, 4) is 10.6 Å². The second-order valence-electron chi connectivity index (χ2n) is 17.9. The van der Waals surface area contributed by atoms with Crippen molar-refractivity contribution in [1.29, 1.82) is 0 Å². The van der Waals surface area contributed by atoms with Crippen LogP contribution in [0.2, 0.25) is 0 Å². The molecular formula is C44H65FN6O11S. The number of anilines is 1. The largest absolute Gasteiger partial charge is 0.457 e. The summed E-state index contributed by atoms with van der Waals surface area (Å²) in [6.45, 7) is 13.4. The van der Waals surface area contributed by atoms with Crippen molar-refractivity contribution in [3.05, 3.63) is 29.4 Å². The quantitative estimate of drug-likeness (QED) is 0.176. The molecular weight excluding hydrogens is 840 g/mol. The maximum atomic E-state index is 17.0. The summed E-state index contributed by atoms with van der Waals surface area (Å²) in [5, 5.41) is 31.0. The molecule has 5 heterocycles. The number of ether oxygens (including phenoxy) is 5. The number of aliphatic hydroxyl groups is 2. The molecule has 2 bridgehead atoms. The number of cyclic esters (lactones) is 1. The summed E-state index contributed by atoms with van der Waals surface area (Å²) in [6, 6.07) is 3.19. The van der Waals surface area contributed by atoms with E-state index in [0.717, 1.165) is 12.5 Å². The number of hydrogen-bond donors (Lipinski definition) is 3. The smallest absolute Gasteiger partial charge is 0.351 e. The van der Waals surface area contributed by atoms with Gasteiger partial charge >= 0.3 is 5.97 Å². The fourth-order valence-corrected chi connectivity index (χ4v) is 9.60. The number of nitrogens with two attached hydrogens (primary N) is 1. The van der Waals surface area contributed by atoms with Crippen LogP contribution in [0.15, 0.2) is 33.9 Å². The number of aliphatic hydroxyl groups excluding tert-OH is 1. The maximum Gasteiger partial charge on any atom is 0.351 e. The summed E-state index contributed by atoms with van der Waals surface area (Å²) in [7, 11) is 3.63. The van der Waals surface area contributed by atoms with Crippen molar-refractivity contribution in [2.45, 2.75) is 154 Å². The first-order valence-corrected chi connectivity index (χ1v) is 22.4. The predicted molar refractivity (Wildman–Crippen MR) is 234 cm³/mol. The number of amides is 1. The molecule has 0 unspecified atom stereocenters. The van der Waals surface area contributed by atoms with E-state index in [-0.39, 0.29) is 44.8 Å². The van der Waals surface area contributed by atoms with Crippen LogP contribution in [0.25, 0.3) is 10.6 Å². The standard InChI is InChI=1S/C44H65FN6O11S/c1-12-31-44(9,56)38-25(5)34(49-33(52)13-2)23(3)17-42(7,58-20-29(19-57-38)50-59-21-28-15-14-27(18-47-28)39-48-32(46)22-63-39)37(26(6)36(54)43(8,45)41(55)61-31)62-40-35(53)30(51(10)11)16-24(4)60-40/h14-15,18,22-26,30-31,35,37-38,40,53,56H,12-13,16-17,19-21,46H2,1-11H3/t23-,24-,25+,26+,30+,31-,35-,37-,38-,40+,42-,43+,44-/m1/s1. The third-order valence-corrected chi connectivity index (χ3v) is 13.3. The first kappa shape index (κ1) is 50.2. The van der Waals surface area contributed by atoms with Crippen LogP contribution < -0.4 is 5.73 Å². The van der Waals surface area contributed by atoms with E-state index in [0.29, 0.717) is 28.7 Å². The van der Waals surface area contributed by atoms with E-state index in [2.05, 4.69) is 20.1 Å². The molecule has 2 aromatic heterocycles. The fraction of sp³-hybridized carbons (Fsp3) is 0.705. The highest BCUT2D eigenvalue weighted by Crippen LogP contribution is 2.41. The molecule has 2 aromatic rings. The molecule has 3 aliphatic heterocycles. The van der Waals surface area contributed by atoms with Gasteiger partial charge in [-0.3, -0.25) is 14.6 Å². The second kappa shape index (κ2) is 20.6. The van der Waals surface area contributed by atoms with E-state index >= 15 is 4.39 Å². The molecule has 63 heavy (non-hydrogen) atoms. The number of ketones is 1. The second-order valence-corrected chi connectivity index (χ2v) is 18.7. The third-order valence-electron chi connectivity index (χ3n) is 12.4. The normalized spacial score (nSPS) is 37.6. The molecule has 17 nitrogen and oxygen atoms in total. The molecule has 3 fully saturated rings. The van der Waals surface area contributed by atoms with Crippen molar-refractivity contribution in [2.24, 2.45) is 27.9 Å². The highest BCUT2D eigenvalue weighted by Gasteiger charge is 2.56. The number of nitrogen functional groups attached to an aromatic ring is 1. The Bertz CT molecular complexity index is 1980. The number of carbonyl (C=O) groups excluding carboxylic acids is 3. The number of hydrogen-bond acceptors (Lipinski definition) is 17. The van der Waals surface area contributed by atoms with Crippen LogP contribution in [0, 0.1) is 17.8 Å². The molecule has 4 N–H and O–H groups in total. The van der Waals surface area contributed by atoms with Gasteiger partial charge in [-0.25, -0.2) is 19.2 Å². The summed E-state index contributed by atoms with van der Waals surface area (Å²) in [5.74, 6) is -5.63. The van der Waals surface area contributed by atoms with Crippen molar-refractivity contribution < 1.29 is 57.5 Å². The lowest BCUT2D eigenvalue weighted by Gasteiger charge is -2.47. The zero-order valence-corrected chi connectivity index (χ0v) is 39.0. The van der Waals surface area contributed by atoms with Crippen LogP contribution in [0.5, 0.6) is 0 Å².